The van der Waals surface area contributed by atoms with Crippen LogP contribution in [0.2, 0.25) is 0 Å². The van der Waals surface area contributed by atoms with Gasteiger partial charge in [0, 0.05) is 6.20 Å². The second-order valence-electron chi connectivity index (χ2n) is 2.94. The Morgan fingerprint density at radius 2 is 2.08 bits per heavy atom. The molecule has 1 aromatic rings. The standard InChI is InChI=1S/C9H11NO2.ClH/c1-6(2)7-3-4-8(9(11)12)10-5-7;/h3-6H,1-2H3,(H,11,12);1H. The number of nitrogens with zero attached hydrogens (tertiary/aromatic N) is 1. The molecule has 1 aromatic heterocycles. The van der Waals surface area contributed by atoms with Crippen LogP contribution in [-0.2, 0) is 0 Å². The highest BCUT2D eigenvalue weighted by Gasteiger charge is 2.04. The molecule has 1 rings (SSSR count). The largest absolute Gasteiger partial charge is 0.477 e. The van der Waals surface area contributed by atoms with Crippen molar-refractivity contribution < 1.29 is 9.90 Å². The zero-order chi connectivity index (χ0) is 9.14. The summed E-state index contributed by atoms with van der Waals surface area (Å²) >= 11 is 0. The summed E-state index contributed by atoms with van der Waals surface area (Å²) in [6.45, 7) is 4.08. The lowest BCUT2D eigenvalue weighted by Gasteiger charge is -2.03. The second kappa shape index (κ2) is 4.82. The predicted molar refractivity (Wildman–Crippen MR) is 52.5 cm³/mol. The number of aromatic carboxylic acids is 1. The van der Waals surface area contributed by atoms with E-state index < -0.39 is 5.97 Å². The molecule has 0 spiro atoms. The minimum Gasteiger partial charge on any atom is -0.477 e. The number of halogens is 1. The minimum atomic E-state index is -0.981. The van der Waals surface area contributed by atoms with Crippen LogP contribution >= 0.6 is 12.4 Å². The molecule has 3 nitrogen and oxygen atoms in total. The van der Waals surface area contributed by atoms with Crippen LogP contribution in [0.5, 0.6) is 0 Å². The fourth-order valence-electron chi connectivity index (χ4n) is 0.873. The zero-order valence-electron chi connectivity index (χ0n) is 7.52. The minimum absolute atomic E-state index is 0. The molecular formula is C9H12ClNO2. The molecule has 0 aliphatic heterocycles. The molecule has 0 saturated heterocycles. The van der Waals surface area contributed by atoms with Gasteiger partial charge in [-0.25, -0.2) is 9.78 Å². The van der Waals surface area contributed by atoms with Crippen LogP contribution in [0.15, 0.2) is 18.3 Å². The number of carboxylic acid groups (broad SMARTS) is 1. The van der Waals surface area contributed by atoms with Crippen molar-refractivity contribution in [1.29, 1.82) is 0 Å². The highest BCUT2D eigenvalue weighted by atomic mass is 35.5. The van der Waals surface area contributed by atoms with E-state index in [1.807, 2.05) is 13.8 Å². The van der Waals surface area contributed by atoms with Crippen molar-refractivity contribution in [3.8, 4) is 0 Å². The van der Waals surface area contributed by atoms with E-state index in [9.17, 15) is 4.79 Å². The predicted octanol–water partition coefficient (Wildman–Crippen LogP) is 2.33. The van der Waals surface area contributed by atoms with Crippen LogP contribution in [0.4, 0.5) is 0 Å². The molecule has 1 N–H and O–H groups in total. The highest BCUT2D eigenvalue weighted by Crippen LogP contribution is 2.12. The molecular weight excluding hydrogens is 190 g/mol. The maximum atomic E-state index is 10.4. The van der Waals surface area contributed by atoms with Crippen molar-refractivity contribution in [2.24, 2.45) is 0 Å². The van der Waals surface area contributed by atoms with Crippen LogP contribution in [0, 0.1) is 0 Å². The Labute approximate surface area is 83.2 Å². The van der Waals surface area contributed by atoms with Crippen LogP contribution in [-0.4, -0.2) is 16.1 Å². The van der Waals surface area contributed by atoms with Crippen molar-refractivity contribution in [1.82, 2.24) is 4.98 Å². The number of hydrogen-bond donors (Lipinski definition) is 1. The van der Waals surface area contributed by atoms with Crippen LogP contribution in [0.25, 0.3) is 0 Å². The van der Waals surface area contributed by atoms with E-state index in [0.717, 1.165) is 5.56 Å². The van der Waals surface area contributed by atoms with Gasteiger partial charge in [-0.05, 0) is 17.5 Å². The number of rotatable bonds is 2. The third-order valence-corrected chi connectivity index (χ3v) is 1.67. The summed E-state index contributed by atoms with van der Waals surface area (Å²) in [6.07, 6.45) is 1.61. The molecule has 4 heteroatoms. The fraction of sp³-hybridized carbons (Fsp3) is 0.333. The number of aromatic nitrogens is 1. The maximum Gasteiger partial charge on any atom is 0.354 e. The van der Waals surface area contributed by atoms with Crippen molar-refractivity contribution in [3.05, 3.63) is 29.6 Å². The van der Waals surface area contributed by atoms with Crippen molar-refractivity contribution in [2.75, 3.05) is 0 Å². The van der Waals surface area contributed by atoms with Gasteiger partial charge < -0.3 is 5.11 Å². The molecule has 72 valence electrons. The van der Waals surface area contributed by atoms with E-state index in [2.05, 4.69) is 4.98 Å². The summed E-state index contributed by atoms with van der Waals surface area (Å²) in [4.78, 5) is 14.2. The van der Waals surface area contributed by atoms with Gasteiger partial charge in [-0.3, -0.25) is 0 Å². The summed E-state index contributed by atoms with van der Waals surface area (Å²) in [5.74, 6) is -0.592. The number of carbonyl (C=O) groups is 1. The van der Waals surface area contributed by atoms with Crippen molar-refractivity contribution in [3.63, 3.8) is 0 Å². The molecule has 13 heavy (non-hydrogen) atoms. The third kappa shape index (κ3) is 3.03. The average molecular weight is 202 g/mol. The van der Waals surface area contributed by atoms with Gasteiger partial charge in [0.25, 0.3) is 0 Å². The van der Waals surface area contributed by atoms with Gasteiger partial charge in [0.2, 0.25) is 0 Å². The van der Waals surface area contributed by atoms with E-state index in [-0.39, 0.29) is 18.1 Å². The van der Waals surface area contributed by atoms with E-state index in [0.29, 0.717) is 5.92 Å². The molecule has 0 aromatic carbocycles. The Morgan fingerprint density at radius 3 is 2.38 bits per heavy atom. The van der Waals surface area contributed by atoms with Crippen LogP contribution in [0.1, 0.15) is 35.8 Å². The summed E-state index contributed by atoms with van der Waals surface area (Å²) in [6, 6.07) is 3.32. The normalized spacial score (nSPS) is 9.46. The SMILES string of the molecule is CC(C)c1ccc(C(=O)O)nc1.Cl. The molecule has 0 radical (unpaired) electrons. The molecule has 0 atom stereocenters. The zero-order valence-corrected chi connectivity index (χ0v) is 8.34. The first-order valence-corrected chi connectivity index (χ1v) is 3.80. The molecule has 0 saturated carbocycles. The molecule has 0 aliphatic rings. The van der Waals surface area contributed by atoms with E-state index in [1.165, 1.54) is 6.07 Å². The quantitative estimate of drug-likeness (QED) is 0.799. The summed E-state index contributed by atoms with van der Waals surface area (Å²) < 4.78 is 0. The molecule has 0 aliphatic carbocycles. The first kappa shape index (κ1) is 11.9. The first-order chi connectivity index (χ1) is 5.61. The summed E-state index contributed by atoms with van der Waals surface area (Å²) in [7, 11) is 0. The van der Waals surface area contributed by atoms with Gasteiger partial charge in [-0.15, -0.1) is 12.4 Å². The maximum absolute atomic E-state index is 10.4. The molecule has 1 heterocycles. The first-order valence-electron chi connectivity index (χ1n) is 3.80. The molecule has 0 fully saturated rings. The van der Waals surface area contributed by atoms with Gasteiger partial charge in [-0.1, -0.05) is 19.9 Å². The Bertz CT molecular complexity index is 282. The Balaban J connectivity index is 0.00000144. The van der Waals surface area contributed by atoms with Gasteiger partial charge in [-0.2, -0.15) is 0 Å². The average Bonchev–Trinajstić information content (AvgIpc) is 2.04. The van der Waals surface area contributed by atoms with Gasteiger partial charge in [0.05, 0.1) is 0 Å². The molecule has 0 amide bonds. The highest BCUT2D eigenvalue weighted by molar-refractivity contribution is 5.85. The summed E-state index contributed by atoms with van der Waals surface area (Å²) in [5, 5.41) is 8.55. The van der Waals surface area contributed by atoms with E-state index in [4.69, 9.17) is 5.11 Å². The van der Waals surface area contributed by atoms with Gasteiger partial charge in [0.15, 0.2) is 0 Å². The summed E-state index contributed by atoms with van der Waals surface area (Å²) in [5.41, 5.74) is 1.15. The third-order valence-electron chi connectivity index (χ3n) is 1.67. The number of pyridine rings is 1. The topological polar surface area (TPSA) is 50.2 Å². The monoisotopic (exact) mass is 201 g/mol. The Hall–Kier alpha value is -1.09. The smallest absolute Gasteiger partial charge is 0.354 e. The Kier molecular flexibility index (Phi) is 4.42. The Morgan fingerprint density at radius 1 is 1.46 bits per heavy atom. The number of hydrogen-bond acceptors (Lipinski definition) is 2. The molecule has 0 unspecified atom stereocenters. The van der Waals surface area contributed by atoms with Gasteiger partial charge >= 0.3 is 5.97 Å². The van der Waals surface area contributed by atoms with Crippen LogP contribution in [0.3, 0.4) is 0 Å². The lowest BCUT2D eigenvalue weighted by atomic mass is 10.1. The van der Waals surface area contributed by atoms with Crippen molar-refractivity contribution in [2.45, 2.75) is 19.8 Å². The van der Waals surface area contributed by atoms with E-state index in [1.54, 1.807) is 12.3 Å². The lowest BCUT2D eigenvalue weighted by Crippen LogP contribution is -2.00. The van der Waals surface area contributed by atoms with Crippen molar-refractivity contribution >= 4 is 18.4 Å². The lowest BCUT2D eigenvalue weighted by molar-refractivity contribution is 0.0690. The molecule has 0 bridgehead atoms. The van der Waals surface area contributed by atoms with Crippen LogP contribution < -0.4 is 0 Å². The second-order valence-corrected chi connectivity index (χ2v) is 2.94. The van der Waals surface area contributed by atoms with E-state index >= 15 is 0 Å². The fourth-order valence-corrected chi connectivity index (χ4v) is 0.873. The van der Waals surface area contributed by atoms with Gasteiger partial charge in [0.1, 0.15) is 5.69 Å². The number of carboxylic acids is 1.